The topological polar surface area (TPSA) is 15.3 Å². The van der Waals surface area contributed by atoms with E-state index >= 15 is 0 Å². The SMILES string of the molecule is CSC1CNCC1N1CCCCC1. The second-order valence-electron chi connectivity index (χ2n) is 4.10. The molecular weight excluding hydrogens is 180 g/mol. The molecular formula is C10H20N2S. The first-order chi connectivity index (χ1) is 6.42. The number of rotatable bonds is 2. The molecule has 2 aliphatic heterocycles. The molecule has 0 bridgehead atoms. The van der Waals surface area contributed by atoms with Gasteiger partial charge in [0, 0.05) is 24.4 Å². The van der Waals surface area contributed by atoms with Crippen LogP contribution in [0.4, 0.5) is 0 Å². The van der Waals surface area contributed by atoms with Crippen molar-refractivity contribution in [2.75, 3.05) is 32.4 Å². The first-order valence-corrected chi connectivity index (χ1v) is 6.68. The molecule has 0 aromatic rings. The van der Waals surface area contributed by atoms with Crippen molar-refractivity contribution in [1.82, 2.24) is 10.2 Å². The van der Waals surface area contributed by atoms with Gasteiger partial charge in [0.2, 0.25) is 0 Å². The summed E-state index contributed by atoms with van der Waals surface area (Å²) in [7, 11) is 0. The molecule has 2 heterocycles. The fourth-order valence-electron chi connectivity index (χ4n) is 2.50. The predicted octanol–water partition coefficient (Wildman–Crippen LogP) is 1.18. The molecule has 0 saturated carbocycles. The minimum Gasteiger partial charge on any atom is -0.314 e. The van der Waals surface area contributed by atoms with Crippen LogP contribution in [0.3, 0.4) is 0 Å². The van der Waals surface area contributed by atoms with Crippen LogP contribution in [-0.2, 0) is 0 Å². The minimum atomic E-state index is 0.815. The van der Waals surface area contributed by atoms with Gasteiger partial charge in [0.25, 0.3) is 0 Å². The van der Waals surface area contributed by atoms with E-state index in [1.54, 1.807) is 0 Å². The molecule has 1 N–H and O–H groups in total. The molecule has 3 heteroatoms. The smallest absolute Gasteiger partial charge is 0.0351 e. The predicted molar refractivity (Wildman–Crippen MR) is 59.4 cm³/mol. The van der Waals surface area contributed by atoms with Gasteiger partial charge in [0.1, 0.15) is 0 Å². The number of nitrogens with one attached hydrogen (secondary N) is 1. The van der Waals surface area contributed by atoms with E-state index in [1.165, 1.54) is 45.4 Å². The van der Waals surface area contributed by atoms with E-state index in [9.17, 15) is 0 Å². The second kappa shape index (κ2) is 4.67. The zero-order valence-corrected chi connectivity index (χ0v) is 9.28. The van der Waals surface area contributed by atoms with E-state index in [4.69, 9.17) is 0 Å². The van der Waals surface area contributed by atoms with Crippen LogP contribution in [0.15, 0.2) is 0 Å². The number of piperidine rings is 1. The quantitative estimate of drug-likeness (QED) is 0.720. The maximum absolute atomic E-state index is 3.51. The van der Waals surface area contributed by atoms with E-state index in [1.807, 2.05) is 11.8 Å². The summed E-state index contributed by atoms with van der Waals surface area (Å²) in [5, 5.41) is 4.34. The standard InChI is InChI=1S/C10H20N2S/c1-13-10-8-11-7-9(10)12-5-3-2-4-6-12/h9-11H,2-8H2,1H3. The van der Waals surface area contributed by atoms with Crippen molar-refractivity contribution in [1.29, 1.82) is 0 Å². The van der Waals surface area contributed by atoms with Gasteiger partial charge in [-0.2, -0.15) is 11.8 Å². The number of nitrogens with zero attached hydrogens (tertiary/aromatic N) is 1. The molecule has 0 spiro atoms. The lowest BCUT2D eigenvalue weighted by Crippen LogP contribution is -2.44. The van der Waals surface area contributed by atoms with Gasteiger partial charge in [-0.3, -0.25) is 4.90 Å². The van der Waals surface area contributed by atoms with Crippen LogP contribution in [0.25, 0.3) is 0 Å². The summed E-state index contributed by atoms with van der Waals surface area (Å²) in [6.45, 7) is 5.10. The molecule has 2 aliphatic rings. The normalized spacial score (nSPS) is 36.7. The summed E-state index contributed by atoms with van der Waals surface area (Å²) in [5.41, 5.74) is 0. The number of thioether (sulfide) groups is 1. The van der Waals surface area contributed by atoms with E-state index in [0.29, 0.717) is 0 Å². The van der Waals surface area contributed by atoms with Crippen molar-refractivity contribution in [3.05, 3.63) is 0 Å². The third-order valence-corrected chi connectivity index (χ3v) is 4.38. The summed E-state index contributed by atoms with van der Waals surface area (Å²) in [5.74, 6) is 0. The fraction of sp³-hybridized carbons (Fsp3) is 1.00. The third kappa shape index (κ3) is 2.20. The third-order valence-electron chi connectivity index (χ3n) is 3.29. The Morgan fingerprint density at radius 3 is 2.62 bits per heavy atom. The van der Waals surface area contributed by atoms with Crippen LogP contribution in [0.1, 0.15) is 19.3 Å². The molecule has 0 amide bonds. The summed E-state index contributed by atoms with van der Waals surface area (Å²) in [4.78, 5) is 2.70. The molecule has 2 saturated heterocycles. The van der Waals surface area contributed by atoms with Crippen LogP contribution in [0, 0.1) is 0 Å². The molecule has 0 aromatic carbocycles. The Morgan fingerprint density at radius 1 is 1.15 bits per heavy atom. The van der Waals surface area contributed by atoms with Gasteiger partial charge in [-0.25, -0.2) is 0 Å². The molecule has 2 atom stereocenters. The largest absolute Gasteiger partial charge is 0.314 e. The lowest BCUT2D eigenvalue weighted by molar-refractivity contribution is 0.176. The molecule has 0 aromatic heterocycles. The molecule has 0 radical (unpaired) electrons. The second-order valence-corrected chi connectivity index (χ2v) is 5.17. The first kappa shape index (κ1) is 9.81. The van der Waals surface area contributed by atoms with Crippen LogP contribution in [-0.4, -0.2) is 48.6 Å². The van der Waals surface area contributed by atoms with Crippen molar-refractivity contribution in [2.45, 2.75) is 30.6 Å². The number of hydrogen-bond donors (Lipinski definition) is 1. The maximum atomic E-state index is 3.51. The highest BCUT2D eigenvalue weighted by Crippen LogP contribution is 2.22. The summed E-state index contributed by atoms with van der Waals surface area (Å²) < 4.78 is 0. The van der Waals surface area contributed by atoms with Crippen LogP contribution in [0.2, 0.25) is 0 Å². The molecule has 13 heavy (non-hydrogen) atoms. The van der Waals surface area contributed by atoms with Gasteiger partial charge >= 0.3 is 0 Å². The Morgan fingerprint density at radius 2 is 1.92 bits per heavy atom. The molecule has 2 nitrogen and oxygen atoms in total. The average molecular weight is 200 g/mol. The van der Waals surface area contributed by atoms with Crippen LogP contribution in [0.5, 0.6) is 0 Å². The van der Waals surface area contributed by atoms with Gasteiger partial charge in [-0.05, 0) is 32.2 Å². The highest BCUT2D eigenvalue weighted by molar-refractivity contribution is 7.99. The van der Waals surface area contributed by atoms with Crippen molar-refractivity contribution in [3.63, 3.8) is 0 Å². The summed E-state index contributed by atoms with van der Waals surface area (Å²) in [6, 6.07) is 0.815. The van der Waals surface area contributed by atoms with Gasteiger partial charge in [0.15, 0.2) is 0 Å². The average Bonchev–Trinajstić information content (AvgIpc) is 2.67. The van der Waals surface area contributed by atoms with Crippen LogP contribution < -0.4 is 5.32 Å². The zero-order valence-electron chi connectivity index (χ0n) is 8.46. The zero-order chi connectivity index (χ0) is 9.10. The van der Waals surface area contributed by atoms with Crippen molar-refractivity contribution < 1.29 is 0 Å². The fourth-order valence-corrected chi connectivity index (χ4v) is 3.36. The Hall–Kier alpha value is 0.270. The molecule has 2 fully saturated rings. The molecule has 2 rings (SSSR count). The highest BCUT2D eigenvalue weighted by Gasteiger charge is 2.31. The van der Waals surface area contributed by atoms with E-state index in [0.717, 1.165) is 11.3 Å². The van der Waals surface area contributed by atoms with E-state index in [2.05, 4.69) is 16.5 Å². The molecule has 2 unspecified atom stereocenters. The van der Waals surface area contributed by atoms with Gasteiger partial charge in [-0.1, -0.05) is 6.42 Å². The Bertz CT molecular complexity index is 157. The number of hydrogen-bond acceptors (Lipinski definition) is 3. The Kier molecular flexibility index (Phi) is 3.52. The molecule has 0 aliphatic carbocycles. The summed E-state index contributed by atoms with van der Waals surface area (Å²) in [6.07, 6.45) is 6.52. The van der Waals surface area contributed by atoms with Gasteiger partial charge in [-0.15, -0.1) is 0 Å². The first-order valence-electron chi connectivity index (χ1n) is 5.39. The van der Waals surface area contributed by atoms with E-state index in [-0.39, 0.29) is 0 Å². The molecule has 76 valence electrons. The Balaban J connectivity index is 1.90. The van der Waals surface area contributed by atoms with Crippen LogP contribution >= 0.6 is 11.8 Å². The van der Waals surface area contributed by atoms with Crippen molar-refractivity contribution >= 4 is 11.8 Å². The number of likely N-dealkylation sites (tertiary alicyclic amines) is 1. The summed E-state index contributed by atoms with van der Waals surface area (Å²) >= 11 is 2.03. The highest BCUT2D eigenvalue weighted by atomic mass is 32.2. The Labute approximate surface area is 85.4 Å². The van der Waals surface area contributed by atoms with Gasteiger partial charge in [0.05, 0.1) is 0 Å². The van der Waals surface area contributed by atoms with Gasteiger partial charge < -0.3 is 5.32 Å². The lowest BCUT2D eigenvalue weighted by Gasteiger charge is -2.34. The van der Waals surface area contributed by atoms with Crippen molar-refractivity contribution in [2.24, 2.45) is 0 Å². The van der Waals surface area contributed by atoms with Crippen molar-refractivity contribution in [3.8, 4) is 0 Å². The maximum Gasteiger partial charge on any atom is 0.0351 e. The minimum absolute atomic E-state index is 0.815. The van der Waals surface area contributed by atoms with E-state index < -0.39 is 0 Å². The monoisotopic (exact) mass is 200 g/mol. The lowest BCUT2D eigenvalue weighted by atomic mass is 10.1.